The molecule has 3 aromatic rings. The fourth-order valence-corrected chi connectivity index (χ4v) is 5.57. The van der Waals surface area contributed by atoms with E-state index in [0.717, 1.165) is 6.42 Å². The average Bonchev–Trinajstić information content (AvgIpc) is 3.03. The van der Waals surface area contributed by atoms with Crippen molar-refractivity contribution in [3.63, 3.8) is 0 Å². The fourth-order valence-electron chi connectivity index (χ4n) is 4.75. The zero-order valence-electron chi connectivity index (χ0n) is 15.9. The van der Waals surface area contributed by atoms with Crippen LogP contribution in [0.2, 0.25) is 0 Å². The van der Waals surface area contributed by atoms with Crippen LogP contribution in [0, 0.1) is 5.92 Å². The van der Waals surface area contributed by atoms with Gasteiger partial charge in [0.15, 0.2) is 0 Å². The molecule has 0 amide bonds. The van der Waals surface area contributed by atoms with E-state index in [1.54, 1.807) is 0 Å². The van der Waals surface area contributed by atoms with Gasteiger partial charge < -0.3 is 4.74 Å². The van der Waals surface area contributed by atoms with Gasteiger partial charge in [0.2, 0.25) is 0 Å². The van der Waals surface area contributed by atoms with Crippen LogP contribution in [0.15, 0.2) is 91.0 Å². The molecule has 0 aromatic heterocycles. The van der Waals surface area contributed by atoms with E-state index in [4.69, 9.17) is 4.74 Å². The Morgan fingerprint density at radius 2 is 1.24 bits per heavy atom. The molecule has 1 saturated carbocycles. The minimum atomic E-state index is -0.534. The first-order valence-electron chi connectivity index (χ1n) is 9.99. The lowest BCUT2D eigenvalue weighted by atomic mass is 9.76. The Kier molecular flexibility index (Phi) is 4.76. The molecule has 1 saturated heterocycles. The van der Waals surface area contributed by atoms with Crippen molar-refractivity contribution in [2.75, 3.05) is 0 Å². The highest BCUT2D eigenvalue weighted by Gasteiger charge is 2.57. The van der Waals surface area contributed by atoms with Crippen molar-refractivity contribution in [2.24, 2.45) is 5.92 Å². The zero-order chi connectivity index (χ0) is 19.8. The monoisotopic (exact) mass is 447 g/mol. The highest BCUT2D eigenvalue weighted by atomic mass is 79.9. The van der Waals surface area contributed by atoms with Crippen LogP contribution < -0.4 is 5.32 Å². The molecule has 146 valence electrons. The number of hydrogen-bond donors (Lipinski definition) is 1. The Bertz CT molecular complexity index is 896. The summed E-state index contributed by atoms with van der Waals surface area (Å²) < 4.78 is 5.41. The maximum absolute atomic E-state index is 11.9. The van der Waals surface area contributed by atoms with Crippen LogP contribution in [0.4, 0.5) is 0 Å². The van der Waals surface area contributed by atoms with Gasteiger partial charge in [-0.15, -0.1) is 0 Å². The van der Waals surface area contributed by atoms with Crippen LogP contribution in [0.1, 0.15) is 23.1 Å². The van der Waals surface area contributed by atoms with Gasteiger partial charge in [-0.1, -0.05) is 107 Å². The number of esters is 1. The summed E-state index contributed by atoms with van der Waals surface area (Å²) in [6.45, 7) is 0. The fraction of sp³-hybridized carbons (Fsp3) is 0.240. The van der Waals surface area contributed by atoms with Crippen LogP contribution in [-0.4, -0.2) is 22.9 Å². The van der Waals surface area contributed by atoms with E-state index in [-0.39, 0.29) is 28.9 Å². The SMILES string of the molecule is O=C1O[C@@H]2C1CC(NC(c1ccccc1)(c1ccccc1)c1ccccc1)C2Br. The molecule has 29 heavy (non-hydrogen) atoms. The van der Waals surface area contributed by atoms with Gasteiger partial charge >= 0.3 is 5.97 Å². The van der Waals surface area contributed by atoms with E-state index in [1.807, 2.05) is 18.2 Å². The van der Waals surface area contributed by atoms with Gasteiger partial charge in [-0.2, -0.15) is 0 Å². The van der Waals surface area contributed by atoms with Gasteiger partial charge in [0, 0.05) is 6.04 Å². The lowest BCUT2D eigenvalue weighted by molar-refractivity contribution is -0.179. The lowest BCUT2D eigenvalue weighted by Crippen LogP contribution is -2.52. The third kappa shape index (κ3) is 3.02. The average molecular weight is 448 g/mol. The van der Waals surface area contributed by atoms with Gasteiger partial charge in [0.1, 0.15) is 6.10 Å². The third-order valence-electron chi connectivity index (χ3n) is 6.18. The van der Waals surface area contributed by atoms with Gasteiger partial charge in [0.25, 0.3) is 0 Å². The highest BCUT2D eigenvalue weighted by molar-refractivity contribution is 9.09. The lowest BCUT2D eigenvalue weighted by Gasteiger charge is -2.40. The second kappa shape index (κ2) is 7.43. The molecule has 5 rings (SSSR count). The second-order valence-electron chi connectivity index (χ2n) is 7.79. The quantitative estimate of drug-likeness (QED) is 0.351. The van der Waals surface area contributed by atoms with Gasteiger partial charge in [-0.25, -0.2) is 0 Å². The van der Waals surface area contributed by atoms with Crippen molar-refractivity contribution in [1.29, 1.82) is 0 Å². The maximum atomic E-state index is 11.9. The smallest absolute Gasteiger partial charge is 0.313 e. The van der Waals surface area contributed by atoms with E-state index in [9.17, 15) is 4.79 Å². The van der Waals surface area contributed by atoms with Crippen LogP contribution >= 0.6 is 15.9 Å². The van der Waals surface area contributed by atoms with Gasteiger partial charge in [0.05, 0.1) is 16.3 Å². The predicted octanol–water partition coefficient (Wildman–Crippen LogP) is 4.65. The summed E-state index contributed by atoms with van der Waals surface area (Å²) in [6.07, 6.45) is 0.730. The van der Waals surface area contributed by atoms with E-state index in [2.05, 4.69) is 94.0 Å². The first-order valence-corrected chi connectivity index (χ1v) is 10.9. The Morgan fingerprint density at radius 1 is 0.793 bits per heavy atom. The molecule has 1 N–H and O–H groups in total. The molecule has 0 radical (unpaired) electrons. The second-order valence-corrected chi connectivity index (χ2v) is 8.84. The topological polar surface area (TPSA) is 38.3 Å². The van der Waals surface area contributed by atoms with E-state index >= 15 is 0 Å². The molecular formula is C25H22BrNO2. The normalized spacial score (nSPS) is 25.8. The van der Waals surface area contributed by atoms with Crippen molar-refractivity contribution >= 4 is 21.9 Å². The Hall–Kier alpha value is -2.43. The van der Waals surface area contributed by atoms with E-state index in [1.165, 1.54) is 16.7 Å². The Balaban J connectivity index is 1.67. The molecule has 4 atom stereocenters. The molecule has 2 aliphatic rings. The number of carbonyl (C=O) groups is 1. The summed E-state index contributed by atoms with van der Waals surface area (Å²) in [6, 6.07) is 31.7. The summed E-state index contributed by atoms with van der Waals surface area (Å²) in [7, 11) is 0. The maximum Gasteiger partial charge on any atom is 0.313 e. The number of benzene rings is 3. The summed E-state index contributed by atoms with van der Waals surface area (Å²) in [5.74, 6) is -0.0922. The van der Waals surface area contributed by atoms with Crippen LogP contribution in [-0.2, 0) is 15.1 Å². The molecule has 3 nitrogen and oxygen atoms in total. The summed E-state index contributed by atoms with van der Waals surface area (Å²) in [5, 5.41) is 3.97. The van der Waals surface area contributed by atoms with Crippen molar-refractivity contribution < 1.29 is 9.53 Å². The molecule has 3 unspecified atom stereocenters. The third-order valence-corrected chi connectivity index (χ3v) is 7.34. The zero-order valence-corrected chi connectivity index (χ0v) is 17.5. The molecular weight excluding hydrogens is 426 g/mol. The van der Waals surface area contributed by atoms with Gasteiger partial charge in [-0.05, 0) is 23.1 Å². The Labute approximate surface area is 179 Å². The number of rotatable bonds is 5. The molecule has 4 heteroatoms. The first-order chi connectivity index (χ1) is 14.2. The molecule has 3 aromatic carbocycles. The minimum Gasteiger partial charge on any atom is -0.460 e. The molecule has 0 bridgehead atoms. The number of hydrogen-bond acceptors (Lipinski definition) is 3. The summed E-state index contributed by atoms with van der Waals surface area (Å²) in [5.41, 5.74) is 2.98. The first kappa shape index (κ1) is 18.6. The van der Waals surface area contributed by atoms with Crippen LogP contribution in [0.5, 0.6) is 0 Å². The number of halogens is 1. The highest BCUT2D eigenvalue weighted by Crippen LogP contribution is 2.45. The molecule has 0 spiro atoms. The Morgan fingerprint density at radius 3 is 1.62 bits per heavy atom. The molecule has 1 aliphatic heterocycles. The summed E-state index contributed by atoms with van der Waals surface area (Å²) in [4.78, 5) is 12.0. The minimum absolute atomic E-state index is 0.0168. The van der Waals surface area contributed by atoms with Gasteiger partial charge in [-0.3, -0.25) is 10.1 Å². The van der Waals surface area contributed by atoms with E-state index < -0.39 is 5.54 Å². The number of alkyl halides is 1. The number of fused-ring (bicyclic) bond motifs is 1. The van der Waals surface area contributed by atoms with E-state index in [0.29, 0.717) is 0 Å². The molecule has 2 fully saturated rings. The van der Waals surface area contributed by atoms with Crippen molar-refractivity contribution in [2.45, 2.75) is 28.9 Å². The predicted molar refractivity (Wildman–Crippen MR) is 117 cm³/mol. The van der Waals surface area contributed by atoms with Crippen LogP contribution in [0.25, 0.3) is 0 Å². The number of ether oxygens (including phenoxy) is 1. The van der Waals surface area contributed by atoms with Crippen molar-refractivity contribution in [3.8, 4) is 0 Å². The summed E-state index contributed by atoms with van der Waals surface area (Å²) >= 11 is 3.82. The largest absolute Gasteiger partial charge is 0.460 e. The number of nitrogens with one attached hydrogen (secondary N) is 1. The van der Waals surface area contributed by atoms with Crippen LogP contribution in [0.3, 0.4) is 0 Å². The molecule has 1 aliphatic carbocycles. The molecule has 1 heterocycles. The van der Waals surface area contributed by atoms with Crippen molar-refractivity contribution in [1.82, 2.24) is 5.32 Å². The standard InChI is InChI=1S/C25H22BrNO2/c26-22-21(16-20-23(22)29-24(20)28)27-25(17-10-4-1-5-11-17,18-12-6-2-7-13-18)19-14-8-3-9-15-19/h1-15,20-23,27H,16H2/t20?,21?,22?,23-/m1/s1. The number of carbonyl (C=O) groups excluding carboxylic acids is 1. The van der Waals surface area contributed by atoms with Crippen molar-refractivity contribution in [3.05, 3.63) is 108 Å².